The summed E-state index contributed by atoms with van der Waals surface area (Å²) in [5.41, 5.74) is 14.2. The van der Waals surface area contributed by atoms with E-state index in [2.05, 4.69) is 11.1 Å². The highest BCUT2D eigenvalue weighted by Gasteiger charge is 2.08. The SMILES string of the molecule is COc1cccc(CC(N)Cc2cccnc2N)c1. The van der Waals surface area contributed by atoms with Crippen LogP contribution < -0.4 is 16.2 Å². The molecular weight excluding hydrogens is 238 g/mol. The Balaban J connectivity index is 2.01. The molecule has 100 valence electrons. The lowest BCUT2D eigenvalue weighted by Crippen LogP contribution is -2.26. The second-order valence-corrected chi connectivity index (χ2v) is 4.57. The van der Waals surface area contributed by atoms with Crippen LogP contribution in [0.2, 0.25) is 0 Å². The number of hydrogen-bond donors (Lipinski definition) is 2. The molecular formula is C15H19N3O. The molecule has 4 heteroatoms. The molecule has 0 saturated heterocycles. The fraction of sp³-hybridized carbons (Fsp3) is 0.267. The number of anilines is 1. The van der Waals surface area contributed by atoms with Gasteiger partial charge in [-0.15, -0.1) is 0 Å². The number of rotatable bonds is 5. The summed E-state index contributed by atoms with van der Waals surface area (Å²) in [6.07, 6.45) is 3.19. The summed E-state index contributed by atoms with van der Waals surface area (Å²) in [5.74, 6) is 1.41. The van der Waals surface area contributed by atoms with E-state index in [1.54, 1.807) is 13.3 Å². The van der Waals surface area contributed by atoms with Gasteiger partial charge in [-0.1, -0.05) is 18.2 Å². The van der Waals surface area contributed by atoms with Gasteiger partial charge in [0, 0.05) is 12.2 Å². The molecule has 1 heterocycles. The van der Waals surface area contributed by atoms with E-state index in [0.29, 0.717) is 5.82 Å². The van der Waals surface area contributed by atoms with Gasteiger partial charge in [0.05, 0.1) is 7.11 Å². The van der Waals surface area contributed by atoms with Gasteiger partial charge in [0.2, 0.25) is 0 Å². The van der Waals surface area contributed by atoms with Crippen molar-refractivity contribution >= 4 is 5.82 Å². The molecule has 4 N–H and O–H groups in total. The Morgan fingerprint density at radius 2 is 2.05 bits per heavy atom. The minimum Gasteiger partial charge on any atom is -0.497 e. The monoisotopic (exact) mass is 257 g/mol. The van der Waals surface area contributed by atoms with Crippen LogP contribution >= 0.6 is 0 Å². The third kappa shape index (κ3) is 3.69. The first-order chi connectivity index (χ1) is 9.19. The van der Waals surface area contributed by atoms with Gasteiger partial charge in [-0.25, -0.2) is 4.98 Å². The third-order valence-corrected chi connectivity index (χ3v) is 3.04. The number of nitrogens with zero attached hydrogens (tertiary/aromatic N) is 1. The van der Waals surface area contributed by atoms with E-state index in [9.17, 15) is 0 Å². The van der Waals surface area contributed by atoms with Gasteiger partial charge in [-0.05, 0) is 42.2 Å². The number of pyridine rings is 1. The van der Waals surface area contributed by atoms with Crippen molar-refractivity contribution in [1.29, 1.82) is 0 Å². The third-order valence-electron chi connectivity index (χ3n) is 3.04. The molecule has 0 aliphatic heterocycles. The maximum absolute atomic E-state index is 6.17. The van der Waals surface area contributed by atoms with Crippen LogP contribution in [-0.4, -0.2) is 18.1 Å². The van der Waals surface area contributed by atoms with E-state index in [1.165, 1.54) is 0 Å². The quantitative estimate of drug-likeness (QED) is 0.856. The van der Waals surface area contributed by atoms with E-state index in [4.69, 9.17) is 16.2 Å². The topological polar surface area (TPSA) is 74.2 Å². The molecule has 1 aromatic carbocycles. The Kier molecular flexibility index (Phi) is 4.36. The molecule has 0 bridgehead atoms. The highest BCUT2D eigenvalue weighted by Crippen LogP contribution is 2.16. The molecule has 1 unspecified atom stereocenters. The summed E-state index contributed by atoms with van der Waals surface area (Å²) in [4.78, 5) is 4.07. The Hall–Kier alpha value is -2.07. The summed E-state index contributed by atoms with van der Waals surface area (Å²) >= 11 is 0. The van der Waals surface area contributed by atoms with Gasteiger partial charge in [-0.2, -0.15) is 0 Å². The average molecular weight is 257 g/mol. The molecule has 2 rings (SSSR count). The minimum atomic E-state index is 0.0126. The van der Waals surface area contributed by atoms with Gasteiger partial charge >= 0.3 is 0 Å². The predicted octanol–water partition coefficient (Wildman–Crippen LogP) is 1.78. The Morgan fingerprint density at radius 3 is 2.79 bits per heavy atom. The number of hydrogen-bond acceptors (Lipinski definition) is 4. The van der Waals surface area contributed by atoms with Crippen LogP contribution in [0.5, 0.6) is 5.75 Å². The first kappa shape index (κ1) is 13.4. The van der Waals surface area contributed by atoms with E-state index in [1.807, 2.05) is 30.3 Å². The zero-order valence-corrected chi connectivity index (χ0v) is 11.0. The Labute approximate surface area is 113 Å². The fourth-order valence-corrected chi connectivity index (χ4v) is 2.08. The molecule has 19 heavy (non-hydrogen) atoms. The first-order valence-corrected chi connectivity index (χ1v) is 6.27. The standard InChI is InChI=1S/C15H19N3O/c1-19-14-6-2-4-11(9-14)8-13(16)10-12-5-3-7-18-15(12)17/h2-7,9,13H,8,10,16H2,1H3,(H2,17,18). The maximum atomic E-state index is 6.17. The number of aromatic nitrogens is 1. The number of nitrogen functional groups attached to an aromatic ring is 1. The molecule has 0 fully saturated rings. The number of methoxy groups -OCH3 is 1. The number of benzene rings is 1. The van der Waals surface area contributed by atoms with Crippen molar-refractivity contribution in [3.05, 3.63) is 53.7 Å². The van der Waals surface area contributed by atoms with Crippen LogP contribution in [0.15, 0.2) is 42.6 Å². The Morgan fingerprint density at radius 1 is 1.21 bits per heavy atom. The van der Waals surface area contributed by atoms with Gasteiger partial charge in [0.25, 0.3) is 0 Å². The molecule has 0 aliphatic rings. The lowest BCUT2D eigenvalue weighted by molar-refractivity contribution is 0.414. The zero-order chi connectivity index (χ0) is 13.7. The maximum Gasteiger partial charge on any atom is 0.126 e. The normalized spacial score (nSPS) is 12.1. The van der Waals surface area contributed by atoms with Crippen molar-refractivity contribution in [2.45, 2.75) is 18.9 Å². The van der Waals surface area contributed by atoms with Crippen LogP contribution in [0.1, 0.15) is 11.1 Å². The van der Waals surface area contributed by atoms with Gasteiger partial charge in [0.15, 0.2) is 0 Å². The zero-order valence-electron chi connectivity index (χ0n) is 11.0. The van der Waals surface area contributed by atoms with Crippen LogP contribution in [0.4, 0.5) is 5.82 Å². The van der Waals surface area contributed by atoms with Gasteiger partial charge in [-0.3, -0.25) is 0 Å². The molecule has 0 radical (unpaired) electrons. The minimum absolute atomic E-state index is 0.0126. The number of ether oxygens (including phenoxy) is 1. The van der Waals surface area contributed by atoms with Crippen molar-refractivity contribution in [1.82, 2.24) is 4.98 Å². The van der Waals surface area contributed by atoms with E-state index >= 15 is 0 Å². The number of nitrogens with two attached hydrogens (primary N) is 2. The van der Waals surface area contributed by atoms with Crippen molar-refractivity contribution in [3.8, 4) is 5.75 Å². The van der Waals surface area contributed by atoms with Crippen molar-refractivity contribution < 1.29 is 4.74 Å². The molecule has 4 nitrogen and oxygen atoms in total. The van der Waals surface area contributed by atoms with E-state index in [0.717, 1.165) is 29.7 Å². The first-order valence-electron chi connectivity index (χ1n) is 6.27. The van der Waals surface area contributed by atoms with Crippen LogP contribution in [0.3, 0.4) is 0 Å². The summed E-state index contributed by atoms with van der Waals surface area (Å²) < 4.78 is 5.20. The second kappa shape index (κ2) is 6.20. The summed E-state index contributed by atoms with van der Waals surface area (Å²) in [7, 11) is 1.66. The van der Waals surface area contributed by atoms with Crippen LogP contribution in [0.25, 0.3) is 0 Å². The van der Waals surface area contributed by atoms with E-state index < -0.39 is 0 Å². The molecule has 0 spiro atoms. The molecule has 1 atom stereocenters. The van der Waals surface area contributed by atoms with Gasteiger partial charge in [0.1, 0.15) is 11.6 Å². The van der Waals surface area contributed by atoms with Crippen molar-refractivity contribution in [3.63, 3.8) is 0 Å². The van der Waals surface area contributed by atoms with Crippen molar-refractivity contribution in [2.75, 3.05) is 12.8 Å². The predicted molar refractivity (Wildman–Crippen MR) is 77.0 cm³/mol. The van der Waals surface area contributed by atoms with Crippen LogP contribution in [0, 0.1) is 0 Å². The fourth-order valence-electron chi connectivity index (χ4n) is 2.08. The lowest BCUT2D eigenvalue weighted by atomic mass is 10.00. The summed E-state index contributed by atoms with van der Waals surface area (Å²) in [6, 6.07) is 11.8. The average Bonchev–Trinajstić information content (AvgIpc) is 2.41. The van der Waals surface area contributed by atoms with Crippen LogP contribution in [-0.2, 0) is 12.8 Å². The molecule has 0 saturated carbocycles. The van der Waals surface area contributed by atoms with E-state index in [-0.39, 0.29) is 6.04 Å². The molecule has 2 aromatic rings. The Bertz CT molecular complexity index is 542. The molecule has 0 aliphatic carbocycles. The van der Waals surface area contributed by atoms with Crippen molar-refractivity contribution in [2.24, 2.45) is 5.73 Å². The summed E-state index contributed by atoms with van der Waals surface area (Å²) in [6.45, 7) is 0. The second-order valence-electron chi connectivity index (χ2n) is 4.57. The largest absolute Gasteiger partial charge is 0.497 e. The smallest absolute Gasteiger partial charge is 0.126 e. The van der Waals surface area contributed by atoms with Gasteiger partial charge < -0.3 is 16.2 Å². The highest BCUT2D eigenvalue weighted by atomic mass is 16.5. The molecule has 0 amide bonds. The highest BCUT2D eigenvalue weighted by molar-refractivity contribution is 5.39. The summed E-state index contributed by atoms with van der Waals surface area (Å²) in [5, 5.41) is 0. The lowest BCUT2D eigenvalue weighted by Gasteiger charge is -2.13. The molecule has 1 aromatic heterocycles.